The first-order valence-corrected chi connectivity index (χ1v) is 4.44. The highest BCUT2D eigenvalue weighted by molar-refractivity contribution is 7.23. The molecule has 0 fully saturated rings. The van der Waals surface area contributed by atoms with E-state index in [9.17, 15) is 4.57 Å². The van der Waals surface area contributed by atoms with Crippen LogP contribution >= 0.6 is 8.46 Å². The van der Waals surface area contributed by atoms with Gasteiger partial charge in [-0.3, -0.25) is 4.57 Å². The van der Waals surface area contributed by atoms with Crippen LogP contribution in [-0.2, 0) is 4.57 Å². The van der Waals surface area contributed by atoms with Gasteiger partial charge in [-0.25, -0.2) is 0 Å². The van der Waals surface area contributed by atoms with Crippen molar-refractivity contribution in [3.05, 3.63) is 35.9 Å². The fourth-order valence-corrected chi connectivity index (χ4v) is 1.26. The lowest BCUT2D eigenvalue weighted by molar-refractivity contribution is 0.595. The SMILES string of the molecule is NC(CP=O)c1ccccc1. The highest BCUT2D eigenvalue weighted by atomic mass is 31.1. The number of benzene rings is 1. The summed E-state index contributed by atoms with van der Waals surface area (Å²) in [5.41, 5.74) is 6.74. The molecule has 1 rings (SSSR count). The lowest BCUT2D eigenvalue weighted by atomic mass is 10.1. The number of nitrogens with two attached hydrogens (primary N) is 1. The minimum Gasteiger partial charge on any atom is -0.323 e. The monoisotopic (exact) mass is 167 g/mol. The Bertz CT molecular complexity index is 225. The van der Waals surface area contributed by atoms with Gasteiger partial charge < -0.3 is 5.73 Å². The maximum atomic E-state index is 10.2. The molecule has 0 bridgehead atoms. The van der Waals surface area contributed by atoms with Crippen LogP contribution in [0.2, 0.25) is 0 Å². The first kappa shape index (κ1) is 8.38. The molecule has 2 nitrogen and oxygen atoms in total. The second kappa shape index (κ2) is 4.22. The molecule has 58 valence electrons. The zero-order chi connectivity index (χ0) is 8.10. The van der Waals surface area contributed by atoms with Crippen molar-refractivity contribution in [2.75, 3.05) is 6.16 Å². The Morgan fingerprint density at radius 2 is 2.00 bits per heavy atom. The van der Waals surface area contributed by atoms with Gasteiger partial charge in [-0.05, 0) is 5.56 Å². The van der Waals surface area contributed by atoms with Crippen LogP contribution in [0, 0.1) is 0 Å². The largest absolute Gasteiger partial charge is 0.323 e. The van der Waals surface area contributed by atoms with E-state index in [2.05, 4.69) is 0 Å². The van der Waals surface area contributed by atoms with Crippen molar-refractivity contribution in [3.8, 4) is 0 Å². The molecule has 0 spiro atoms. The molecule has 1 unspecified atom stereocenters. The molecular weight excluding hydrogens is 157 g/mol. The zero-order valence-electron chi connectivity index (χ0n) is 6.10. The van der Waals surface area contributed by atoms with Crippen molar-refractivity contribution in [1.82, 2.24) is 0 Å². The Morgan fingerprint density at radius 1 is 1.36 bits per heavy atom. The molecule has 0 saturated heterocycles. The minimum atomic E-state index is -0.102. The first-order valence-electron chi connectivity index (χ1n) is 3.44. The van der Waals surface area contributed by atoms with Gasteiger partial charge in [-0.1, -0.05) is 30.3 Å². The summed E-state index contributed by atoms with van der Waals surface area (Å²) in [4.78, 5) is 0. The number of hydrogen-bond donors (Lipinski definition) is 1. The van der Waals surface area contributed by atoms with Gasteiger partial charge in [-0.2, -0.15) is 0 Å². The van der Waals surface area contributed by atoms with Gasteiger partial charge in [0.2, 0.25) is 0 Å². The summed E-state index contributed by atoms with van der Waals surface area (Å²) in [5, 5.41) is 0. The van der Waals surface area contributed by atoms with E-state index in [-0.39, 0.29) is 14.5 Å². The zero-order valence-corrected chi connectivity index (χ0v) is 7.00. The highest BCUT2D eigenvalue weighted by Gasteiger charge is 2.02. The summed E-state index contributed by atoms with van der Waals surface area (Å²) in [7, 11) is 0.109. The van der Waals surface area contributed by atoms with Crippen LogP contribution in [0.25, 0.3) is 0 Å². The second-order valence-corrected chi connectivity index (χ2v) is 2.95. The van der Waals surface area contributed by atoms with Crippen LogP contribution in [-0.4, -0.2) is 6.16 Å². The smallest absolute Gasteiger partial charge is 0.157 e. The highest BCUT2D eigenvalue weighted by Crippen LogP contribution is 2.13. The Morgan fingerprint density at radius 3 is 2.55 bits per heavy atom. The molecule has 1 aromatic rings. The number of hydrogen-bond acceptors (Lipinski definition) is 2. The van der Waals surface area contributed by atoms with E-state index in [1.165, 1.54) is 0 Å². The third kappa shape index (κ3) is 2.41. The summed E-state index contributed by atoms with van der Waals surface area (Å²) in [6.07, 6.45) is 0.490. The molecule has 0 saturated carbocycles. The van der Waals surface area contributed by atoms with Crippen LogP contribution in [0.1, 0.15) is 11.6 Å². The van der Waals surface area contributed by atoms with Crippen molar-refractivity contribution < 1.29 is 4.57 Å². The van der Waals surface area contributed by atoms with E-state index in [4.69, 9.17) is 5.73 Å². The van der Waals surface area contributed by atoms with E-state index < -0.39 is 0 Å². The van der Waals surface area contributed by atoms with Gasteiger partial charge in [-0.15, -0.1) is 0 Å². The average molecular weight is 167 g/mol. The molecule has 0 aliphatic carbocycles. The molecule has 3 heteroatoms. The van der Waals surface area contributed by atoms with Gasteiger partial charge in [0.05, 0.1) is 0 Å². The van der Waals surface area contributed by atoms with Crippen molar-refractivity contribution in [3.63, 3.8) is 0 Å². The molecule has 0 amide bonds. The van der Waals surface area contributed by atoms with Crippen LogP contribution in [0.5, 0.6) is 0 Å². The molecule has 11 heavy (non-hydrogen) atoms. The van der Waals surface area contributed by atoms with Gasteiger partial charge in [0, 0.05) is 12.2 Å². The predicted molar refractivity (Wildman–Crippen MR) is 45.8 cm³/mol. The summed E-state index contributed by atoms with van der Waals surface area (Å²) >= 11 is 0. The summed E-state index contributed by atoms with van der Waals surface area (Å²) in [5.74, 6) is 0. The topological polar surface area (TPSA) is 43.1 Å². The second-order valence-electron chi connectivity index (χ2n) is 2.33. The Kier molecular flexibility index (Phi) is 3.21. The van der Waals surface area contributed by atoms with Crippen molar-refractivity contribution in [2.24, 2.45) is 5.73 Å². The molecule has 0 heterocycles. The molecule has 0 aliphatic heterocycles. The first-order chi connectivity index (χ1) is 5.34. The Labute approximate surface area is 67.6 Å². The van der Waals surface area contributed by atoms with E-state index in [1.54, 1.807) is 0 Å². The molecule has 0 aliphatic rings. The third-order valence-corrected chi connectivity index (χ3v) is 2.04. The van der Waals surface area contributed by atoms with Crippen LogP contribution in [0.4, 0.5) is 0 Å². The van der Waals surface area contributed by atoms with Crippen molar-refractivity contribution >= 4 is 8.46 Å². The van der Waals surface area contributed by atoms with Crippen molar-refractivity contribution in [1.29, 1.82) is 0 Å². The fraction of sp³-hybridized carbons (Fsp3) is 0.250. The molecule has 1 atom stereocenters. The van der Waals surface area contributed by atoms with Crippen molar-refractivity contribution in [2.45, 2.75) is 6.04 Å². The van der Waals surface area contributed by atoms with Gasteiger partial charge in [0.15, 0.2) is 8.46 Å². The van der Waals surface area contributed by atoms with E-state index in [1.807, 2.05) is 30.3 Å². The molecular formula is C8H10NOP. The maximum absolute atomic E-state index is 10.2. The van der Waals surface area contributed by atoms with E-state index in [0.717, 1.165) is 5.56 Å². The maximum Gasteiger partial charge on any atom is 0.157 e. The van der Waals surface area contributed by atoms with Crippen LogP contribution < -0.4 is 5.73 Å². The normalized spacial score (nSPS) is 13.2. The standard InChI is InChI=1S/C8H10NOP/c9-8(6-11-10)7-4-2-1-3-5-7/h1-5,8H,6,9H2. The average Bonchev–Trinajstić information content (AvgIpc) is 2.07. The third-order valence-electron chi connectivity index (χ3n) is 1.50. The summed E-state index contributed by atoms with van der Waals surface area (Å²) in [6, 6.07) is 9.57. The fourth-order valence-electron chi connectivity index (χ4n) is 0.886. The van der Waals surface area contributed by atoms with Gasteiger partial charge >= 0.3 is 0 Å². The molecule has 1 aromatic carbocycles. The van der Waals surface area contributed by atoms with E-state index in [0.29, 0.717) is 6.16 Å². The lowest BCUT2D eigenvalue weighted by Gasteiger charge is -2.05. The van der Waals surface area contributed by atoms with Crippen LogP contribution in [0.15, 0.2) is 30.3 Å². The molecule has 2 N–H and O–H groups in total. The predicted octanol–water partition coefficient (Wildman–Crippen LogP) is 1.98. The molecule has 0 aromatic heterocycles. The summed E-state index contributed by atoms with van der Waals surface area (Å²) < 4.78 is 10.2. The van der Waals surface area contributed by atoms with E-state index >= 15 is 0 Å². The van der Waals surface area contributed by atoms with Crippen LogP contribution in [0.3, 0.4) is 0 Å². The Balaban J connectivity index is 2.68. The van der Waals surface area contributed by atoms with Gasteiger partial charge in [0.1, 0.15) is 0 Å². The van der Waals surface area contributed by atoms with Gasteiger partial charge in [0.25, 0.3) is 0 Å². The lowest BCUT2D eigenvalue weighted by Crippen LogP contribution is -2.11. The quantitative estimate of drug-likeness (QED) is 0.699. The molecule has 0 radical (unpaired) electrons. The number of rotatable bonds is 3. The summed E-state index contributed by atoms with van der Waals surface area (Å²) in [6.45, 7) is 0. The Hall–Kier alpha value is -0.720. The minimum absolute atomic E-state index is 0.102.